The van der Waals surface area contributed by atoms with Crippen LogP contribution in [-0.4, -0.2) is 85.8 Å². The third kappa shape index (κ3) is 1.40. The maximum atomic E-state index is 2.60. The van der Waals surface area contributed by atoms with Crippen molar-refractivity contribution in [2.75, 3.05) is 48.8 Å². The maximum absolute atomic E-state index is 2.60. The lowest BCUT2D eigenvalue weighted by atomic mass is 9.92. The lowest BCUT2D eigenvalue weighted by Gasteiger charge is -2.63. The molecule has 1 aliphatic heterocycles. The second-order valence-corrected chi connectivity index (χ2v) is 6.79. The highest BCUT2D eigenvalue weighted by Crippen LogP contribution is 2.59. The average Bonchev–Trinajstić information content (AvgIpc) is 2.89. The summed E-state index contributed by atoms with van der Waals surface area (Å²) < 4.78 is 0. The molecule has 0 amide bonds. The summed E-state index contributed by atoms with van der Waals surface area (Å²) in [6.45, 7) is 5.88. The second-order valence-electron chi connectivity index (χ2n) is 6.79. The fourth-order valence-electron chi connectivity index (χ4n) is 4.76. The van der Waals surface area contributed by atoms with Crippen molar-refractivity contribution in [1.82, 2.24) is 19.6 Å². The highest BCUT2D eigenvalue weighted by atomic mass is 15.6. The third-order valence-corrected chi connectivity index (χ3v) is 5.47. The topological polar surface area (TPSA) is 13.0 Å². The van der Waals surface area contributed by atoms with Crippen molar-refractivity contribution in [1.29, 1.82) is 0 Å². The Morgan fingerprint density at radius 2 is 1.44 bits per heavy atom. The summed E-state index contributed by atoms with van der Waals surface area (Å²) in [4.78, 5) is 9.98. The molecule has 1 spiro atoms. The number of piperazine rings is 1. The van der Waals surface area contributed by atoms with E-state index in [0.29, 0.717) is 6.04 Å². The predicted molar refractivity (Wildman–Crippen MR) is 76.5 cm³/mol. The summed E-state index contributed by atoms with van der Waals surface area (Å²) in [6, 6.07) is 0.568. The minimum absolute atomic E-state index is 0.0150. The van der Waals surface area contributed by atoms with Crippen LogP contribution in [0.3, 0.4) is 0 Å². The second kappa shape index (κ2) is 4.17. The molecule has 1 aliphatic carbocycles. The van der Waals surface area contributed by atoms with Crippen molar-refractivity contribution in [2.24, 2.45) is 5.92 Å². The van der Waals surface area contributed by atoms with Gasteiger partial charge in [0.25, 0.3) is 0 Å². The molecule has 0 bridgehead atoms. The van der Waals surface area contributed by atoms with Gasteiger partial charge in [0.15, 0.2) is 0 Å². The first-order valence-corrected chi connectivity index (χ1v) is 7.02. The Labute approximate surface area is 113 Å². The molecule has 4 nitrogen and oxygen atoms in total. The van der Waals surface area contributed by atoms with Crippen molar-refractivity contribution < 1.29 is 0 Å². The molecule has 4 heteroatoms. The molecular weight excluding hydrogens is 224 g/mol. The lowest BCUT2D eigenvalue weighted by molar-refractivity contribution is -0.223. The molecule has 1 saturated heterocycles. The Balaban J connectivity index is 2.55. The van der Waals surface area contributed by atoms with Crippen molar-refractivity contribution in [3.8, 4) is 0 Å². The van der Waals surface area contributed by atoms with Crippen LogP contribution >= 0.6 is 0 Å². The first-order valence-electron chi connectivity index (χ1n) is 7.02. The highest BCUT2D eigenvalue weighted by Gasteiger charge is 2.73. The van der Waals surface area contributed by atoms with E-state index in [1.165, 1.54) is 6.42 Å². The van der Waals surface area contributed by atoms with Gasteiger partial charge in [0, 0.05) is 12.6 Å². The van der Waals surface area contributed by atoms with E-state index < -0.39 is 0 Å². The van der Waals surface area contributed by atoms with E-state index in [4.69, 9.17) is 0 Å². The zero-order valence-electron chi connectivity index (χ0n) is 13.4. The lowest BCUT2D eigenvalue weighted by Crippen LogP contribution is -2.81. The Kier molecular flexibility index (Phi) is 3.30. The number of likely N-dealkylation sites (N-methyl/N-ethyl adjacent to an activating group) is 4. The van der Waals surface area contributed by atoms with Gasteiger partial charge in [-0.3, -0.25) is 19.6 Å². The highest BCUT2D eigenvalue weighted by molar-refractivity contribution is 5.24. The number of rotatable bonds is 2. The molecule has 0 aromatic heterocycles. The van der Waals surface area contributed by atoms with E-state index in [1.807, 2.05) is 0 Å². The van der Waals surface area contributed by atoms with Gasteiger partial charge in [-0.25, -0.2) is 0 Å². The predicted octanol–water partition coefficient (Wildman–Crippen LogP) is 0.808. The molecule has 0 aromatic carbocycles. The molecule has 3 atom stereocenters. The molecule has 0 radical (unpaired) electrons. The molecule has 3 unspecified atom stereocenters. The normalized spacial score (nSPS) is 41.0. The maximum Gasteiger partial charge on any atom is 0.149 e. The van der Waals surface area contributed by atoms with Crippen LogP contribution in [0.25, 0.3) is 0 Å². The van der Waals surface area contributed by atoms with Gasteiger partial charge >= 0.3 is 0 Å². The smallest absolute Gasteiger partial charge is 0.149 e. The molecule has 0 N–H and O–H groups in total. The molecule has 2 rings (SSSR count). The van der Waals surface area contributed by atoms with E-state index in [-0.39, 0.29) is 11.3 Å². The van der Waals surface area contributed by atoms with Gasteiger partial charge in [-0.05, 0) is 61.5 Å². The van der Waals surface area contributed by atoms with Gasteiger partial charge in [0.2, 0.25) is 0 Å². The summed E-state index contributed by atoms with van der Waals surface area (Å²) in [7, 11) is 13.5. The van der Waals surface area contributed by atoms with Gasteiger partial charge in [-0.1, -0.05) is 6.92 Å². The van der Waals surface area contributed by atoms with Gasteiger partial charge in [0.05, 0.1) is 5.54 Å². The number of hydrogen-bond donors (Lipinski definition) is 0. The summed E-state index contributed by atoms with van der Waals surface area (Å²) in [5.41, 5.74) is 0.265. The van der Waals surface area contributed by atoms with Gasteiger partial charge < -0.3 is 0 Å². The minimum atomic E-state index is -0.0150. The van der Waals surface area contributed by atoms with Crippen LogP contribution in [0.1, 0.15) is 20.3 Å². The van der Waals surface area contributed by atoms with E-state index >= 15 is 0 Å². The fourth-order valence-corrected chi connectivity index (χ4v) is 4.76. The largest absolute Gasteiger partial charge is 0.295 e. The molecule has 18 heavy (non-hydrogen) atoms. The van der Waals surface area contributed by atoms with Gasteiger partial charge in [0.1, 0.15) is 5.79 Å². The summed E-state index contributed by atoms with van der Waals surface area (Å²) in [6.07, 6.45) is 1.29. The monoisotopic (exact) mass is 254 g/mol. The average molecular weight is 254 g/mol. The van der Waals surface area contributed by atoms with Crippen molar-refractivity contribution in [3.63, 3.8) is 0 Å². The van der Waals surface area contributed by atoms with Gasteiger partial charge in [-0.15, -0.1) is 0 Å². The molecule has 1 saturated carbocycles. The Morgan fingerprint density at radius 3 is 1.78 bits per heavy atom. The molecule has 1 heterocycles. The summed E-state index contributed by atoms with van der Waals surface area (Å²) in [5.74, 6) is 0.737. The van der Waals surface area contributed by atoms with Crippen LogP contribution in [0.15, 0.2) is 0 Å². The van der Waals surface area contributed by atoms with Crippen molar-refractivity contribution >= 4 is 0 Å². The SMILES string of the molecule is CC1CN(C)C2(CC2C)C(N(C)C)(N(C)C)N1C. The molecule has 0 aromatic rings. The van der Waals surface area contributed by atoms with Crippen LogP contribution in [0, 0.1) is 5.92 Å². The fraction of sp³-hybridized carbons (Fsp3) is 1.00. The quantitative estimate of drug-likeness (QED) is 0.676. The number of nitrogens with zero attached hydrogens (tertiary/aromatic N) is 4. The Hall–Kier alpha value is -0.160. The summed E-state index contributed by atoms with van der Waals surface area (Å²) >= 11 is 0. The molecule has 2 fully saturated rings. The molecule has 106 valence electrons. The first kappa shape index (κ1) is 14.3. The van der Waals surface area contributed by atoms with Gasteiger partial charge in [-0.2, -0.15) is 0 Å². The van der Waals surface area contributed by atoms with Crippen LogP contribution in [0.4, 0.5) is 0 Å². The van der Waals surface area contributed by atoms with Crippen LogP contribution in [0.2, 0.25) is 0 Å². The zero-order valence-corrected chi connectivity index (χ0v) is 13.4. The minimum Gasteiger partial charge on any atom is -0.295 e. The van der Waals surface area contributed by atoms with Crippen molar-refractivity contribution in [3.05, 3.63) is 0 Å². The first-order chi connectivity index (χ1) is 8.22. The summed E-state index contributed by atoms with van der Waals surface area (Å²) in [5, 5.41) is 0. The van der Waals surface area contributed by atoms with Crippen LogP contribution < -0.4 is 0 Å². The van der Waals surface area contributed by atoms with Crippen LogP contribution in [-0.2, 0) is 0 Å². The van der Waals surface area contributed by atoms with Crippen molar-refractivity contribution in [2.45, 2.75) is 37.6 Å². The molecule has 2 aliphatic rings. The van der Waals surface area contributed by atoms with E-state index in [9.17, 15) is 0 Å². The van der Waals surface area contributed by atoms with E-state index in [0.717, 1.165) is 12.5 Å². The van der Waals surface area contributed by atoms with E-state index in [2.05, 4.69) is 75.7 Å². The zero-order chi connectivity index (χ0) is 13.9. The Morgan fingerprint density at radius 1 is 1.00 bits per heavy atom. The Bertz CT molecular complexity index is 320. The van der Waals surface area contributed by atoms with E-state index in [1.54, 1.807) is 0 Å². The third-order valence-electron chi connectivity index (χ3n) is 5.47. The van der Waals surface area contributed by atoms with Crippen LogP contribution in [0.5, 0.6) is 0 Å². The standard InChI is InChI=1S/C14H30N4/c1-11-9-13(11)14(15(3)4,16(5)6)18(8)12(2)10-17(13)7/h11-12H,9-10H2,1-8H3. The molecular formula is C14H30N4. The number of hydrogen-bond acceptors (Lipinski definition) is 4.